The Labute approximate surface area is 145 Å². The van der Waals surface area contributed by atoms with Crippen molar-refractivity contribution in [3.8, 4) is 0 Å². The van der Waals surface area contributed by atoms with Gasteiger partial charge in [-0.1, -0.05) is 17.3 Å². The molecule has 1 atom stereocenters. The molecule has 0 spiro atoms. The van der Waals surface area contributed by atoms with E-state index >= 15 is 0 Å². The SMILES string of the molecule is O=C([C@H]1CC(c2cccc(F)c2)=NO1)N1CCC(C2OCCO2)CC1. The van der Waals surface area contributed by atoms with Crippen molar-refractivity contribution in [2.24, 2.45) is 11.1 Å². The van der Waals surface area contributed by atoms with E-state index in [9.17, 15) is 9.18 Å². The van der Waals surface area contributed by atoms with Crippen LogP contribution in [0.1, 0.15) is 24.8 Å². The number of nitrogens with zero attached hydrogens (tertiary/aromatic N) is 2. The highest BCUT2D eigenvalue weighted by Crippen LogP contribution is 2.27. The van der Waals surface area contributed by atoms with Gasteiger partial charge in [-0.05, 0) is 25.0 Å². The molecule has 0 saturated carbocycles. The first-order valence-corrected chi connectivity index (χ1v) is 8.71. The standard InChI is InChI=1S/C18H21FN2O4/c19-14-3-1-2-13(10-14)15-11-16(25-20-15)17(22)21-6-4-12(5-7-21)18-23-8-9-24-18/h1-3,10,12,16,18H,4-9,11H2/t16-/m1/s1. The normalized spacial score (nSPS) is 25.1. The molecule has 1 aromatic rings. The summed E-state index contributed by atoms with van der Waals surface area (Å²) in [5, 5.41) is 3.98. The minimum Gasteiger partial charge on any atom is -0.382 e. The molecule has 0 N–H and O–H groups in total. The van der Waals surface area contributed by atoms with Crippen molar-refractivity contribution in [3.63, 3.8) is 0 Å². The smallest absolute Gasteiger partial charge is 0.266 e. The molecule has 134 valence electrons. The van der Waals surface area contributed by atoms with E-state index in [4.69, 9.17) is 14.3 Å². The van der Waals surface area contributed by atoms with Gasteiger partial charge < -0.3 is 19.2 Å². The fraction of sp³-hybridized carbons (Fsp3) is 0.556. The van der Waals surface area contributed by atoms with Crippen molar-refractivity contribution in [1.82, 2.24) is 4.90 Å². The molecule has 3 aliphatic heterocycles. The van der Waals surface area contributed by atoms with E-state index in [2.05, 4.69) is 5.16 Å². The predicted octanol–water partition coefficient (Wildman–Crippen LogP) is 1.93. The van der Waals surface area contributed by atoms with E-state index in [0.717, 1.165) is 12.8 Å². The second-order valence-corrected chi connectivity index (χ2v) is 6.62. The summed E-state index contributed by atoms with van der Waals surface area (Å²) in [6.45, 7) is 2.64. The summed E-state index contributed by atoms with van der Waals surface area (Å²) in [7, 11) is 0. The highest BCUT2D eigenvalue weighted by molar-refractivity contribution is 6.04. The van der Waals surface area contributed by atoms with Crippen molar-refractivity contribution in [3.05, 3.63) is 35.6 Å². The first-order chi connectivity index (χ1) is 12.2. The number of hydrogen-bond acceptors (Lipinski definition) is 5. The maximum atomic E-state index is 13.3. The Morgan fingerprint density at radius 2 is 1.96 bits per heavy atom. The maximum absolute atomic E-state index is 13.3. The van der Waals surface area contributed by atoms with Crippen LogP contribution in [-0.4, -0.2) is 55.2 Å². The molecule has 2 saturated heterocycles. The van der Waals surface area contributed by atoms with Gasteiger partial charge in [0.1, 0.15) is 5.82 Å². The number of hydrogen-bond donors (Lipinski definition) is 0. The second kappa shape index (κ2) is 7.09. The molecule has 0 bridgehead atoms. The molecule has 2 fully saturated rings. The van der Waals surface area contributed by atoms with Crippen molar-refractivity contribution in [2.45, 2.75) is 31.7 Å². The van der Waals surface area contributed by atoms with E-state index in [-0.39, 0.29) is 18.0 Å². The lowest BCUT2D eigenvalue weighted by molar-refractivity contribution is -0.147. The zero-order chi connectivity index (χ0) is 17.2. The molecule has 0 aromatic heterocycles. The summed E-state index contributed by atoms with van der Waals surface area (Å²) in [4.78, 5) is 19.8. The van der Waals surface area contributed by atoms with Crippen LogP contribution in [-0.2, 0) is 19.1 Å². The lowest BCUT2D eigenvalue weighted by Crippen LogP contribution is -2.45. The van der Waals surface area contributed by atoms with Crippen LogP contribution in [0.5, 0.6) is 0 Å². The second-order valence-electron chi connectivity index (χ2n) is 6.62. The summed E-state index contributed by atoms with van der Waals surface area (Å²) >= 11 is 0. The lowest BCUT2D eigenvalue weighted by atomic mass is 9.95. The van der Waals surface area contributed by atoms with E-state index in [0.29, 0.717) is 49.9 Å². The number of rotatable bonds is 3. The number of halogens is 1. The fourth-order valence-electron chi connectivity index (χ4n) is 3.59. The highest BCUT2D eigenvalue weighted by atomic mass is 19.1. The average Bonchev–Trinajstić information content (AvgIpc) is 3.33. The molecule has 0 aliphatic carbocycles. The van der Waals surface area contributed by atoms with E-state index < -0.39 is 6.10 Å². The molecule has 4 rings (SSSR count). The van der Waals surface area contributed by atoms with Crippen LogP contribution in [0.3, 0.4) is 0 Å². The lowest BCUT2D eigenvalue weighted by Gasteiger charge is -2.34. The van der Waals surface area contributed by atoms with Gasteiger partial charge in [-0.2, -0.15) is 0 Å². The summed E-state index contributed by atoms with van der Waals surface area (Å²) < 4.78 is 24.5. The zero-order valence-electron chi connectivity index (χ0n) is 13.9. The van der Waals surface area contributed by atoms with Gasteiger partial charge in [0.25, 0.3) is 5.91 Å². The van der Waals surface area contributed by atoms with Crippen molar-refractivity contribution in [1.29, 1.82) is 0 Å². The summed E-state index contributed by atoms with van der Waals surface area (Å²) in [5.74, 6) is -0.0367. The molecular formula is C18H21FN2O4. The number of amides is 1. The highest BCUT2D eigenvalue weighted by Gasteiger charge is 2.36. The van der Waals surface area contributed by atoms with Crippen molar-refractivity contribution in [2.75, 3.05) is 26.3 Å². The molecule has 6 nitrogen and oxygen atoms in total. The quantitative estimate of drug-likeness (QED) is 0.837. The Hall–Kier alpha value is -1.99. The van der Waals surface area contributed by atoms with Crippen molar-refractivity contribution >= 4 is 11.6 Å². The topological polar surface area (TPSA) is 60.4 Å². The van der Waals surface area contributed by atoms with Gasteiger partial charge in [-0.3, -0.25) is 4.79 Å². The Morgan fingerprint density at radius 1 is 1.20 bits per heavy atom. The van der Waals surface area contributed by atoms with Crippen molar-refractivity contribution < 1.29 is 23.5 Å². The van der Waals surface area contributed by atoms with Gasteiger partial charge >= 0.3 is 0 Å². The Morgan fingerprint density at radius 3 is 2.68 bits per heavy atom. The van der Waals surface area contributed by atoms with Crippen LogP contribution in [0.2, 0.25) is 0 Å². The number of oxime groups is 1. The van der Waals surface area contributed by atoms with Crippen LogP contribution >= 0.6 is 0 Å². The maximum Gasteiger partial charge on any atom is 0.266 e. The molecule has 25 heavy (non-hydrogen) atoms. The molecule has 1 aromatic carbocycles. The van der Waals surface area contributed by atoms with Gasteiger partial charge in [0.15, 0.2) is 6.29 Å². The predicted molar refractivity (Wildman–Crippen MR) is 87.4 cm³/mol. The molecule has 7 heteroatoms. The Kier molecular flexibility index (Phi) is 4.67. The summed E-state index contributed by atoms with van der Waals surface area (Å²) in [6, 6.07) is 6.18. The number of benzene rings is 1. The number of carbonyl (C=O) groups excluding carboxylic acids is 1. The van der Waals surface area contributed by atoms with Gasteiger partial charge in [0.05, 0.1) is 18.9 Å². The molecular weight excluding hydrogens is 327 g/mol. The Balaban J connectivity index is 1.31. The number of likely N-dealkylation sites (tertiary alicyclic amines) is 1. The molecule has 1 amide bonds. The van der Waals surface area contributed by atoms with E-state index in [1.54, 1.807) is 12.1 Å². The molecule has 0 unspecified atom stereocenters. The van der Waals surface area contributed by atoms with E-state index in [1.165, 1.54) is 12.1 Å². The Bertz CT molecular complexity index is 667. The van der Waals surface area contributed by atoms with Crippen LogP contribution in [0.25, 0.3) is 0 Å². The van der Waals surface area contributed by atoms with Gasteiger partial charge in [0, 0.05) is 31.0 Å². The summed E-state index contributed by atoms with van der Waals surface area (Å²) in [6.07, 6.45) is 1.36. The monoisotopic (exact) mass is 348 g/mol. The third-order valence-electron chi connectivity index (χ3n) is 4.99. The third-order valence-corrected chi connectivity index (χ3v) is 4.99. The zero-order valence-corrected chi connectivity index (χ0v) is 13.9. The average molecular weight is 348 g/mol. The van der Waals surface area contributed by atoms with Crippen LogP contribution in [0, 0.1) is 11.7 Å². The minimum atomic E-state index is -0.617. The first-order valence-electron chi connectivity index (χ1n) is 8.71. The third kappa shape index (κ3) is 3.52. The molecule has 0 radical (unpaired) electrons. The molecule has 3 aliphatic rings. The fourth-order valence-corrected chi connectivity index (χ4v) is 3.59. The van der Waals surface area contributed by atoms with Gasteiger partial charge in [-0.15, -0.1) is 0 Å². The van der Waals surface area contributed by atoms with Gasteiger partial charge in [-0.25, -0.2) is 4.39 Å². The van der Waals surface area contributed by atoms with Crippen LogP contribution < -0.4 is 0 Å². The van der Waals surface area contributed by atoms with Crippen LogP contribution in [0.4, 0.5) is 4.39 Å². The van der Waals surface area contributed by atoms with Gasteiger partial charge in [0.2, 0.25) is 6.10 Å². The number of ether oxygens (including phenoxy) is 2. The van der Waals surface area contributed by atoms with Crippen LogP contribution in [0.15, 0.2) is 29.4 Å². The number of piperidine rings is 1. The first kappa shape index (κ1) is 16.5. The number of carbonyl (C=O) groups is 1. The largest absolute Gasteiger partial charge is 0.382 e. The summed E-state index contributed by atoms with van der Waals surface area (Å²) in [5.41, 5.74) is 1.27. The minimum absolute atomic E-state index is 0.0538. The molecule has 3 heterocycles. The van der Waals surface area contributed by atoms with E-state index in [1.807, 2.05) is 4.90 Å².